The van der Waals surface area contributed by atoms with Crippen LogP contribution in [0.4, 0.5) is 17.3 Å². The highest BCUT2D eigenvalue weighted by molar-refractivity contribution is 5.69. The van der Waals surface area contributed by atoms with Crippen LogP contribution in [0.25, 0.3) is 0 Å². The van der Waals surface area contributed by atoms with Gasteiger partial charge in [-0.25, -0.2) is 9.97 Å². The van der Waals surface area contributed by atoms with Crippen LogP contribution < -0.4 is 10.6 Å². The molecule has 0 radical (unpaired) electrons. The third-order valence-corrected chi connectivity index (χ3v) is 3.67. The van der Waals surface area contributed by atoms with E-state index in [4.69, 9.17) is 4.74 Å². The van der Waals surface area contributed by atoms with E-state index in [2.05, 4.69) is 20.6 Å². The van der Waals surface area contributed by atoms with E-state index in [0.29, 0.717) is 13.2 Å². The van der Waals surface area contributed by atoms with Crippen LogP contribution in [0.15, 0.2) is 6.33 Å². The summed E-state index contributed by atoms with van der Waals surface area (Å²) < 4.78 is 5.10. The Balaban J connectivity index is 2.08. The molecule has 0 atom stereocenters. The maximum atomic E-state index is 11.1. The molecule has 110 valence electrons. The Morgan fingerprint density at radius 1 is 1.45 bits per heavy atom. The van der Waals surface area contributed by atoms with Crippen LogP contribution >= 0.6 is 0 Å². The maximum absolute atomic E-state index is 11.1. The Morgan fingerprint density at radius 3 is 2.70 bits per heavy atom. The second-order valence-corrected chi connectivity index (χ2v) is 5.02. The Hall–Kier alpha value is -1.96. The largest absolute Gasteiger partial charge is 0.385 e. The number of methoxy groups -OCH3 is 1. The lowest BCUT2D eigenvalue weighted by Crippen LogP contribution is -2.19. The van der Waals surface area contributed by atoms with Crippen LogP contribution in [0.3, 0.4) is 0 Å². The van der Waals surface area contributed by atoms with Gasteiger partial charge < -0.3 is 15.4 Å². The topological polar surface area (TPSA) is 102 Å². The third kappa shape index (κ3) is 3.13. The van der Waals surface area contributed by atoms with Crippen molar-refractivity contribution < 1.29 is 9.66 Å². The Kier molecular flexibility index (Phi) is 4.33. The Labute approximate surface area is 117 Å². The van der Waals surface area contributed by atoms with Gasteiger partial charge in [-0.2, -0.15) is 0 Å². The monoisotopic (exact) mass is 281 g/mol. The molecule has 1 fully saturated rings. The molecule has 8 heteroatoms. The summed E-state index contributed by atoms with van der Waals surface area (Å²) in [6.45, 7) is 1.37. The maximum Gasteiger partial charge on any atom is 0.353 e. The standard InChI is InChI=1S/C12H19N5O3/c1-13-10-9(17(18)19)11(16-8-15-10)14-7-12(3-4-12)5-6-20-2/h8H,3-7H2,1-2H3,(H2,13,14,15,16). The van der Waals surface area contributed by atoms with Crippen LogP contribution in [-0.2, 0) is 4.74 Å². The summed E-state index contributed by atoms with van der Waals surface area (Å²) in [5.74, 6) is 0.479. The van der Waals surface area contributed by atoms with Gasteiger partial charge in [0.15, 0.2) is 0 Å². The molecule has 1 aromatic heterocycles. The fraction of sp³-hybridized carbons (Fsp3) is 0.667. The first kappa shape index (κ1) is 14.4. The van der Waals surface area contributed by atoms with Gasteiger partial charge >= 0.3 is 5.69 Å². The molecule has 20 heavy (non-hydrogen) atoms. The summed E-state index contributed by atoms with van der Waals surface area (Å²) in [6.07, 6.45) is 4.49. The number of nitrogens with zero attached hydrogens (tertiary/aromatic N) is 3. The molecule has 0 bridgehead atoms. The molecule has 0 aromatic carbocycles. The number of anilines is 2. The van der Waals surface area contributed by atoms with E-state index in [9.17, 15) is 10.1 Å². The van der Waals surface area contributed by atoms with Gasteiger partial charge in [0.2, 0.25) is 11.6 Å². The van der Waals surface area contributed by atoms with Crippen molar-refractivity contribution in [1.82, 2.24) is 9.97 Å². The molecule has 1 aliphatic rings. The second kappa shape index (κ2) is 6.00. The first-order chi connectivity index (χ1) is 9.62. The minimum atomic E-state index is -0.469. The van der Waals surface area contributed by atoms with Crippen molar-refractivity contribution in [3.63, 3.8) is 0 Å². The molecule has 0 spiro atoms. The molecule has 8 nitrogen and oxygen atoms in total. The summed E-state index contributed by atoms with van der Waals surface area (Å²) in [5, 5.41) is 16.9. The first-order valence-corrected chi connectivity index (χ1v) is 6.52. The molecule has 1 aromatic rings. The molecule has 0 saturated heterocycles. The number of hydrogen-bond acceptors (Lipinski definition) is 7. The summed E-state index contributed by atoms with van der Waals surface area (Å²) in [4.78, 5) is 18.5. The van der Waals surface area contributed by atoms with E-state index in [-0.39, 0.29) is 22.7 Å². The van der Waals surface area contributed by atoms with E-state index >= 15 is 0 Å². The van der Waals surface area contributed by atoms with Crippen molar-refractivity contribution in [1.29, 1.82) is 0 Å². The highest BCUT2D eigenvalue weighted by atomic mass is 16.6. The van der Waals surface area contributed by atoms with Gasteiger partial charge in [0.25, 0.3) is 0 Å². The van der Waals surface area contributed by atoms with E-state index in [0.717, 1.165) is 19.3 Å². The Morgan fingerprint density at radius 2 is 2.15 bits per heavy atom. The number of ether oxygens (including phenoxy) is 1. The fourth-order valence-corrected chi connectivity index (χ4v) is 2.15. The molecular formula is C12H19N5O3. The molecule has 2 N–H and O–H groups in total. The van der Waals surface area contributed by atoms with Gasteiger partial charge in [-0.05, 0) is 24.7 Å². The molecule has 2 rings (SSSR count). The lowest BCUT2D eigenvalue weighted by Gasteiger charge is -2.16. The van der Waals surface area contributed by atoms with Crippen molar-refractivity contribution in [2.24, 2.45) is 5.41 Å². The van der Waals surface area contributed by atoms with E-state index < -0.39 is 4.92 Å². The number of rotatable bonds is 8. The molecule has 1 saturated carbocycles. The zero-order valence-electron chi connectivity index (χ0n) is 11.7. The van der Waals surface area contributed by atoms with Crippen molar-refractivity contribution in [2.75, 3.05) is 37.9 Å². The lowest BCUT2D eigenvalue weighted by atomic mass is 10.0. The molecule has 1 heterocycles. The second-order valence-electron chi connectivity index (χ2n) is 5.02. The van der Waals surface area contributed by atoms with Crippen molar-refractivity contribution in [2.45, 2.75) is 19.3 Å². The summed E-state index contributed by atoms with van der Waals surface area (Å²) >= 11 is 0. The van der Waals surface area contributed by atoms with Gasteiger partial charge in [-0.3, -0.25) is 10.1 Å². The van der Waals surface area contributed by atoms with Gasteiger partial charge in [0.05, 0.1) is 4.92 Å². The highest BCUT2D eigenvalue weighted by Crippen LogP contribution is 2.49. The van der Waals surface area contributed by atoms with Crippen molar-refractivity contribution in [3.8, 4) is 0 Å². The predicted molar refractivity (Wildman–Crippen MR) is 74.9 cm³/mol. The quantitative estimate of drug-likeness (QED) is 0.551. The number of hydrogen-bond donors (Lipinski definition) is 2. The van der Waals surface area contributed by atoms with Crippen LogP contribution in [0.1, 0.15) is 19.3 Å². The van der Waals surface area contributed by atoms with E-state index in [1.165, 1.54) is 6.33 Å². The zero-order valence-corrected chi connectivity index (χ0v) is 11.7. The van der Waals surface area contributed by atoms with E-state index in [1.807, 2.05) is 0 Å². The number of nitrogens with one attached hydrogen (secondary N) is 2. The van der Waals surface area contributed by atoms with Gasteiger partial charge in [0.1, 0.15) is 6.33 Å². The average molecular weight is 281 g/mol. The number of aromatic nitrogens is 2. The minimum Gasteiger partial charge on any atom is -0.385 e. The average Bonchev–Trinajstić information content (AvgIpc) is 3.22. The molecular weight excluding hydrogens is 262 g/mol. The Bertz CT molecular complexity index is 490. The summed E-state index contributed by atoms with van der Waals surface area (Å²) in [7, 11) is 3.28. The fourth-order valence-electron chi connectivity index (χ4n) is 2.15. The molecule has 0 unspecified atom stereocenters. The van der Waals surface area contributed by atoms with E-state index in [1.54, 1.807) is 14.2 Å². The van der Waals surface area contributed by atoms with Gasteiger partial charge in [-0.15, -0.1) is 0 Å². The third-order valence-electron chi connectivity index (χ3n) is 3.67. The molecule has 0 aliphatic heterocycles. The van der Waals surface area contributed by atoms with Gasteiger partial charge in [-0.1, -0.05) is 0 Å². The van der Waals surface area contributed by atoms with Crippen LogP contribution in [0.5, 0.6) is 0 Å². The van der Waals surface area contributed by atoms with Crippen LogP contribution in [0.2, 0.25) is 0 Å². The van der Waals surface area contributed by atoms with Crippen LogP contribution in [0, 0.1) is 15.5 Å². The summed E-state index contributed by atoms with van der Waals surface area (Å²) in [6, 6.07) is 0. The zero-order chi connectivity index (χ0) is 14.6. The summed E-state index contributed by atoms with van der Waals surface area (Å²) in [5.41, 5.74) is 0.0757. The van der Waals surface area contributed by atoms with Gasteiger partial charge in [0, 0.05) is 27.3 Å². The normalized spacial score (nSPS) is 15.7. The van der Waals surface area contributed by atoms with Crippen molar-refractivity contribution in [3.05, 3.63) is 16.4 Å². The molecule has 1 aliphatic carbocycles. The minimum absolute atomic E-state index is 0.113. The highest BCUT2D eigenvalue weighted by Gasteiger charge is 2.42. The van der Waals surface area contributed by atoms with Crippen LogP contribution in [-0.4, -0.2) is 42.2 Å². The predicted octanol–water partition coefficient (Wildman–Crippen LogP) is 1.66. The molecule has 0 amide bonds. The first-order valence-electron chi connectivity index (χ1n) is 6.52. The SMILES string of the molecule is CNc1ncnc(NCC2(CCOC)CC2)c1[N+](=O)[O-]. The number of nitro groups is 1. The lowest BCUT2D eigenvalue weighted by molar-refractivity contribution is -0.383. The smallest absolute Gasteiger partial charge is 0.353 e. The van der Waals surface area contributed by atoms with Crippen molar-refractivity contribution >= 4 is 17.3 Å².